The van der Waals surface area contributed by atoms with Crippen LogP contribution in [-0.4, -0.2) is 50.1 Å². The molecule has 1 aliphatic rings. The van der Waals surface area contributed by atoms with Crippen LogP contribution in [0.2, 0.25) is 5.02 Å². The van der Waals surface area contributed by atoms with Crippen LogP contribution in [0.1, 0.15) is 19.4 Å². The molecule has 2 rings (SSSR count). The predicted molar refractivity (Wildman–Crippen MR) is 67.8 cm³/mol. The summed E-state index contributed by atoms with van der Waals surface area (Å²) in [5, 5.41) is 17.0. The zero-order chi connectivity index (χ0) is 16.7. The maximum absolute atomic E-state index is 13.0. The summed E-state index contributed by atoms with van der Waals surface area (Å²) in [5.41, 5.74) is -4.09. The fourth-order valence-electron chi connectivity index (χ4n) is 1.94. The highest BCUT2D eigenvalue weighted by atomic mass is 35.5. The minimum Gasteiger partial charge on any atom is -0.364 e. The molecule has 2 atom stereocenters. The Kier molecular flexibility index (Phi) is 4.43. The lowest BCUT2D eigenvalue weighted by Gasteiger charge is -2.31. The van der Waals surface area contributed by atoms with E-state index in [-0.39, 0.29) is 10.0 Å². The molecule has 6 nitrogen and oxygen atoms in total. The third kappa shape index (κ3) is 2.80. The number of hydrogen-bond acceptors (Lipinski definition) is 4. The topological polar surface area (TPSA) is 70.7 Å². The van der Waals surface area contributed by atoms with Crippen molar-refractivity contribution in [2.24, 2.45) is 5.10 Å². The smallest absolute Gasteiger partial charge is 0.287 e. The van der Waals surface area contributed by atoms with Gasteiger partial charge in [-0.1, -0.05) is 11.6 Å². The Morgan fingerprint density at radius 3 is 2.55 bits per heavy atom. The molecule has 0 fully saturated rings. The van der Waals surface area contributed by atoms with Gasteiger partial charge in [-0.05, 0) is 6.92 Å². The van der Waals surface area contributed by atoms with Gasteiger partial charge < -0.3 is 5.11 Å². The van der Waals surface area contributed by atoms with Crippen LogP contribution in [0, 0.1) is 0 Å². The van der Waals surface area contributed by atoms with Crippen LogP contribution in [-0.2, 0) is 4.79 Å². The maximum atomic E-state index is 13.0. The SMILES string of the molecule is C[C@H](C(=O)N1N=C(C(F)F)C[C@]1(O)C(F)F)n1cc(Cl)cn1. The molecule has 22 heavy (non-hydrogen) atoms. The Hall–Kier alpha value is -1.68. The van der Waals surface area contributed by atoms with Gasteiger partial charge >= 0.3 is 0 Å². The first kappa shape index (κ1) is 16.7. The summed E-state index contributed by atoms with van der Waals surface area (Å²) in [6, 6.07) is -1.17. The highest BCUT2D eigenvalue weighted by molar-refractivity contribution is 6.30. The van der Waals surface area contributed by atoms with Crippen molar-refractivity contribution in [3.8, 4) is 0 Å². The molecule has 0 saturated heterocycles. The van der Waals surface area contributed by atoms with Gasteiger partial charge in [0, 0.05) is 12.6 Å². The lowest BCUT2D eigenvalue weighted by atomic mass is 10.1. The average molecular weight is 343 g/mol. The van der Waals surface area contributed by atoms with Gasteiger partial charge in [-0.25, -0.2) is 17.6 Å². The van der Waals surface area contributed by atoms with E-state index in [4.69, 9.17) is 11.6 Å². The Morgan fingerprint density at radius 2 is 2.09 bits per heavy atom. The molecular weight excluding hydrogens is 332 g/mol. The second kappa shape index (κ2) is 5.84. The summed E-state index contributed by atoms with van der Waals surface area (Å²) < 4.78 is 52.4. The predicted octanol–water partition coefficient (Wildman–Crippen LogP) is 1.90. The highest BCUT2D eigenvalue weighted by Crippen LogP contribution is 2.34. The van der Waals surface area contributed by atoms with Crippen LogP contribution in [0.4, 0.5) is 17.6 Å². The lowest BCUT2D eigenvalue weighted by Crippen LogP contribution is -2.53. The van der Waals surface area contributed by atoms with Crippen molar-refractivity contribution < 1.29 is 27.5 Å². The summed E-state index contributed by atoms with van der Waals surface area (Å²) in [4.78, 5) is 12.2. The summed E-state index contributed by atoms with van der Waals surface area (Å²) in [6.45, 7) is 1.29. The number of amides is 1. The van der Waals surface area contributed by atoms with Gasteiger partial charge in [-0.15, -0.1) is 0 Å². The molecule has 0 radical (unpaired) electrons. The van der Waals surface area contributed by atoms with Gasteiger partial charge in [0.05, 0.1) is 11.2 Å². The number of aromatic nitrogens is 2. The minimum atomic E-state index is -3.47. The van der Waals surface area contributed by atoms with Crippen LogP contribution < -0.4 is 0 Å². The number of hydrazone groups is 1. The Labute approximate surface area is 126 Å². The van der Waals surface area contributed by atoms with E-state index in [1.807, 2.05) is 0 Å². The summed E-state index contributed by atoms with van der Waals surface area (Å²) >= 11 is 5.64. The van der Waals surface area contributed by atoms with Crippen LogP contribution in [0.3, 0.4) is 0 Å². The number of hydrogen-bond donors (Lipinski definition) is 1. The molecule has 0 spiro atoms. The fraction of sp³-hybridized carbons (Fsp3) is 0.545. The minimum absolute atomic E-state index is 0.000584. The van der Waals surface area contributed by atoms with E-state index in [9.17, 15) is 27.5 Å². The first-order valence-corrected chi connectivity index (χ1v) is 6.44. The zero-order valence-electron chi connectivity index (χ0n) is 11.1. The van der Waals surface area contributed by atoms with Crippen LogP contribution in [0.25, 0.3) is 0 Å². The van der Waals surface area contributed by atoms with Gasteiger partial charge in [0.25, 0.3) is 18.8 Å². The molecule has 2 heterocycles. The van der Waals surface area contributed by atoms with E-state index >= 15 is 0 Å². The highest BCUT2D eigenvalue weighted by Gasteiger charge is 2.54. The van der Waals surface area contributed by atoms with Crippen molar-refractivity contribution in [1.82, 2.24) is 14.8 Å². The molecule has 11 heteroatoms. The van der Waals surface area contributed by atoms with Crippen LogP contribution in [0.5, 0.6) is 0 Å². The standard InChI is InChI=1S/C11H11ClF4N4O2/c1-5(19-4-6(12)3-17-19)9(21)20-11(22,10(15)16)2-7(18-20)8(13)14/h3-5,8,10,22H,2H2,1H3/t5-,11+/m1/s1. The number of aliphatic hydroxyl groups is 1. The van der Waals surface area contributed by atoms with E-state index in [0.717, 1.165) is 4.68 Å². The molecule has 1 N–H and O–H groups in total. The molecule has 0 bridgehead atoms. The second-order valence-corrected chi connectivity index (χ2v) is 5.15. The van der Waals surface area contributed by atoms with Gasteiger partial charge in [-0.3, -0.25) is 9.48 Å². The van der Waals surface area contributed by atoms with Gasteiger partial charge in [0.1, 0.15) is 11.8 Å². The van der Waals surface area contributed by atoms with Gasteiger partial charge in [0.15, 0.2) is 0 Å². The van der Waals surface area contributed by atoms with Crippen molar-refractivity contribution in [3.63, 3.8) is 0 Å². The van der Waals surface area contributed by atoms with E-state index < -0.39 is 42.7 Å². The van der Waals surface area contributed by atoms with Crippen molar-refractivity contribution in [3.05, 3.63) is 17.4 Å². The van der Waals surface area contributed by atoms with E-state index in [1.54, 1.807) is 0 Å². The molecule has 122 valence electrons. The summed E-state index contributed by atoms with van der Waals surface area (Å²) in [5.74, 6) is -1.11. The van der Waals surface area contributed by atoms with E-state index in [1.165, 1.54) is 19.3 Å². The molecule has 1 aromatic heterocycles. The van der Waals surface area contributed by atoms with Crippen molar-refractivity contribution in [2.45, 2.75) is 38.0 Å². The number of carbonyl (C=O) groups is 1. The normalized spacial score (nSPS) is 23.3. The van der Waals surface area contributed by atoms with Crippen molar-refractivity contribution >= 4 is 23.2 Å². The number of alkyl halides is 4. The first-order valence-electron chi connectivity index (χ1n) is 6.06. The molecule has 0 unspecified atom stereocenters. The number of carbonyl (C=O) groups excluding carboxylic acids is 1. The van der Waals surface area contributed by atoms with Crippen molar-refractivity contribution in [1.29, 1.82) is 0 Å². The molecule has 0 aromatic carbocycles. The molecule has 1 aliphatic heterocycles. The molecule has 0 aliphatic carbocycles. The summed E-state index contributed by atoms with van der Waals surface area (Å²) in [6.07, 6.45) is -5.29. The van der Waals surface area contributed by atoms with Crippen molar-refractivity contribution in [2.75, 3.05) is 0 Å². The molecular formula is C11H11ClF4N4O2. The third-order valence-corrected chi connectivity index (χ3v) is 3.37. The average Bonchev–Trinajstić information content (AvgIpc) is 3.02. The number of rotatable bonds is 4. The maximum Gasteiger partial charge on any atom is 0.287 e. The van der Waals surface area contributed by atoms with Crippen LogP contribution >= 0.6 is 11.6 Å². The third-order valence-electron chi connectivity index (χ3n) is 3.17. The van der Waals surface area contributed by atoms with Gasteiger partial charge in [0.2, 0.25) is 5.72 Å². The Balaban J connectivity index is 2.32. The number of nitrogens with zero attached hydrogens (tertiary/aromatic N) is 4. The molecule has 1 aromatic rings. The largest absolute Gasteiger partial charge is 0.364 e. The summed E-state index contributed by atoms with van der Waals surface area (Å²) in [7, 11) is 0. The number of halogens is 5. The Bertz CT molecular complexity index is 609. The van der Waals surface area contributed by atoms with Gasteiger partial charge in [-0.2, -0.15) is 15.2 Å². The molecule has 1 amide bonds. The quantitative estimate of drug-likeness (QED) is 0.850. The lowest BCUT2D eigenvalue weighted by molar-refractivity contribution is -0.194. The first-order chi connectivity index (χ1) is 10.2. The zero-order valence-corrected chi connectivity index (χ0v) is 11.9. The monoisotopic (exact) mass is 342 g/mol. The Morgan fingerprint density at radius 1 is 1.45 bits per heavy atom. The second-order valence-electron chi connectivity index (χ2n) is 4.71. The van der Waals surface area contributed by atoms with E-state index in [2.05, 4.69) is 10.2 Å². The molecule has 0 saturated carbocycles. The van der Waals surface area contributed by atoms with Crippen LogP contribution in [0.15, 0.2) is 17.5 Å². The van der Waals surface area contributed by atoms with E-state index in [0.29, 0.717) is 0 Å². The fourth-order valence-corrected chi connectivity index (χ4v) is 2.08.